The number of ether oxygens (including phenoxy) is 1. The van der Waals surface area contributed by atoms with Crippen molar-refractivity contribution in [2.24, 2.45) is 0 Å². The topological polar surface area (TPSA) is 61.0 Å². The fraction of sp³-hybridized carbons (Fsp3) is 0.600. The molecule has 0 unspecified atom stereocenters. The molecule has 0 amide bonds. The SMILES string of the molecule is COc1c(C(C)(C)C)cc(Cc2cc(C(C)(C)C)c(O)c(C(C)(C)C)c2)cc1C(C)(C)C.O.[Ti]. The molecule has 0 aromatic heterocycles. The molecule has 0 aliphatic rings. The Balaban J connectivity index is 0.00000544. The average Bonchev–Trinajstić information content (AvgIpc) is 2.58. The van der Waals surface area contributed by atoms with Crippen molar-refractivity contribution in [3.05, 3.63) is 57.6 Å². The Hall–Kier alpha value is -1.29. The van der Waals surface area contributed by atoms with Gasteiger partial charge in [-0.05, 0) is 50.3 Å². The van der Waals surface area contributed by atoms with E-state index in [4.69, 9.17) is 4.74 Å². The van der Waals surface area contributed by atoms with Crippen LogP contribution in [0.15, 0.2) is 24.3 Å². The van der Waals surface area contributed by atoms with Gasteiger partial charge in [0.25, 0.3) is 0 Å². The standard InChI is InChI=1S/C30H46O2.H2O.Ti/c1-27(2,3)21-15-19(16-22(25(21)31)28(4,5)6)14-20-17-23(29(7,8)9)26(32-13)24(18-20)30(10,11)12;;/h15-18,31H,14H2,1-13H3;1H2;. The van der Waals surface area contributed by atoms with Crippen LogP contribution in [0.25, 0.3) is 0 Å². The molecule has 190 valence electrons. The molecule has 2 aromatic rings. The van der Waals surface area contributed by atoms with E-state index in [1.165, 1.54) is 22.3 Å². The monoisotopic (exact) mass is 504 g/mol. The number of hydrogen-bond acceptors (Lipinski definition) is 2. The summed E-state index contributed by atoms with van der Waals surface area (Å²) in [4.78, 5) is 0. The summed E-state index contributed by atoms with van der Waals surface area (Å²) in [7, 11) is 1.78. The predicted octanol–water partition coefficient (Wildman–Crippen LogP) is 7.35. The Morgan fingerprint density at radius 2 is 0.853 bits per heavy atom. The number of phenolic OH excluding ortho intramolecular Hbond substituents is 1. The summed E-state index contributed by atoms with van der Waals surface area (Å²) in [6, 6.07) is 9.02. The van der Waals surface area contributed by atoms with Gasteiger partial charge in [-0.25, -0.2) is 0 Å². The molecule has 0 radical (unpaired) electrons. The second-order valence-electron chi connectivity index (χ2n) is 13.4. The second kappa shape index (κ2) is 10.8. The number of benzene rings is 2. The molecular formula is C30H48O3Ti. The van der Waals surface area contributed by atoms with E-state index in [0.717, 1.165) is 23.3 Å². The van der Waals surface area contributed by atoms with Gasteiger partial charge in [-0.15, -0.1) is 0 Å². The van der Waals surface area contributed by atoms with E-state index in [2.05, 4.69) is 107 Å². The summed E-state index contributed by atoms with van der Waals surface area (Å²) in [5.74, 6) is 1.44. The van der Waals surface area contributed by atoms with Crippen LogP contribution in [-0.4, -0.2) is 17.7 Å². The van der Waals surface area contributed by atoms with E-state index in [1.807, 2.05) is 0 Å². The van der Waals surface area contributed by atoms with E-state index < -0.39 is 0 Å². The van der Waals surface area contributed by atoms with Gasteiger partial charge in [-0.3, -0.25) is 0 Å². The van der Waals surface area contributed by atoms with Gasteiger partial charge in [0.15, 0.2) is 0 Å². The molecule has 0 aliphatic carbocycles. The van der Waals surface area contributed by atoms with Crippen LogP contribution >= 0.6 is 0 Å². The van der Waals surface area contributed by atoms with E-state index in [9.17, 15) is 5.11 Å². The van der Waals surface area contributed by atoms with Gasteiger partial charge < -0.3 is 15.3 Å². The zero-order valence-corrected chi connectivity index (χ0v) is 25.4. The van der Waals surface area contributed by atoms with Gasteiger partial charge in [0.2, 0.25) is 0 Å². The van der Waals surface area contributed by atoms with Crippen LogP contribution in [0.5, 0.6) is 11.5 Å². The molecule has 4 heteroatoms. The van der Waals surface area contributed by atoms with Crippen molar-refractivity contribution in [3.8, 4) is 11.5 Å². The van der Waals surface area contributed by atoms with Gasteiger partial charge >= 0.3 is 0 Å². The van der Waals surface area contributed by atoms with Crippen molar-refractivity contribution in [3.63, 3.8) is 0 Å². The summed E-state index contributed by atoms with van der Waals surface area (Å²) in [6.07, 6.45) is 0.822. The molecule has 3 nitrogen and oxygen atoms in total. The molecule has 2 aromatic carbocycles. The second-order valence-corrected chi connectivity index (χ2v) is 13.4. The number of rotatable bonds is 3. The quantitative estimate of drug-likeness (QED) is 0.444. The van der Waals surface area contributed by atoms with Crippen molar-refractivity contribution < 1.29 is 37.0 Å². The van der Waals surface area contributed by atoms with Gasteiger partial charge in [0, 0.05) is 32.8 Å². The molecule has 0 spiro atoms. The van der Waals surface area contributed by atoms with E-state index in [-0.39, 0.29) is 48.9 Å². The molecular weight excluding hydrogens is 456 g/mol. The first kappa shape index (κ1) is 32.7. The molecule has 0 bridgehead atoms. The summed E-state index contributed by atoms with van der Waals surface area (Å²) < 4.78 is 5.94. The molecule has 0 fully saturated rings. The van der Waals surface area contributed by atoms with Crippen molar-refractivity contribution in [2.45, 2.75) is 111 Å². The van der Waals surface area contributed by atoms with Crippen LogP contribution in [0.2, 0.25) is 0 Å². The van der Waals surface area contributed by atoms with Crippen LogP contribution in [0.1, 0.15) is 116 Å². The maximum atomic E-state index is 11.1. The van der Waals surface area contributed by atoms with Gasteiger partial charge in [0.1, 0.15) is 11.5 Å². The maximum absolute atomic E-state index is 11.1. The van der Waals surface area contributed by atoms with E-state index in [1.54, 1.807) is 7.11 Å². The van der Waals surface area contributed by atoms with Gasteiger partial charge in [-0.1, -0.05) is 107 Å². The van der Waals surface area contributed by atoms with Crippen LogP contribution in [0.3, 0.4) is 0 Å². The van der Waals surface area contributed by atoms with E-state index >= 15 is 0 Å². The first-order valence-corrected chi connectivity index (χ1v) is 11.9. The van der Waals surface area contributed by atoms with Crippen LogP contribution in [0, 0.1) is 0 Å². The third kappa shape index (κ3) is 7.36. The average molecular weight is 505 g/mol. The molecule has 3 N–H and O–H groups in total. The minimum absolute atomic E-state index is 0. The smallest absolute Gasteiger partial charge is 0.126 e. The Kier molecular flexibility index (Phi) is 10.4. The molecule has 0 saturated carbocycles. The number of phenols is 1. The molecule has 34 heavy (non-hydrogen) atoms. The molecule has 0 heterocycles. The first-order valence-electron chi connectivity index (χ1n) is 11.9. The Morgan fingerprint density at radius 1 is 0.588 bits per heavy atom. The summed E-state index contributed by atoms with van der Waals surface area (Å²) in [6.45, 7) is 26.5. The summed E-state index contributed by atoms with van der Waals surface area (Å²) in [5, 5.41) is 11.1. The first-order chi connectivity index (χ1) is 14.3. The molecule has 2 rings (SSSR count). The zero-order valence-electron chi connectivity index (χ0n) is 23.9. The van der Waals surface area contributed by atoms with Gasteiger partial charge in [-0.2, -0.15) is 0 Å². The van der Waals surface area contributed by atoms with Crippen LogP contribution < -0.4 is 4.74 Å². The third-order valence-corrected chi connectivity index (χ3v) is 6.16. The molecule has 0 aliphatic heterocycles. The summed E-state index contributed by atoms with van der Waals surface area (Å²) in [5.41, 5.74) is 6.73. The van der Waals surface area contributed by atoms with Crippen molar-refractivity contribution in [1.82, 2.24) is 0 Å². The number of aromatic hydroxyl groups is 1. The van der Waals surface area contributed by atoms with Crippen LogP contribution in [0.4, 0.5) is 0 Å². The minimum atomic E-state index is -0.132. The fourth-order valence-electron chi connectivity index (χ4n) is 4.30. The van der Waals surface area contributed by atoms with Crippen molar-refractivity contribution >= 4 is 0 Å². The molecule has 0 saturated heterocycles. The normalized spacial score (nSPS) is 12.6. The Labute approximate surface area is 223 Å². The Morgan fingerprint density at radius 3 is 1.09 bits per heavy atom. The zero-order chi connectivity index (χ0) is 24.9. The molecule has 0 atom stereocenters. The number of hydrogen-bond donors (Lipinski definition) is 1. The summed E-state index contributed by atoms with van der Waals surface area (Å²) >= 11 is 0. The minimum Gasteiger partial charge on any atom is -0.507 e. The fourth-order valence-corrected chi connectivity index (χ4v) is 4.30. The maximum Gasteiger partial charge on any atom is 0.126 e. The van der Waals surface area contributed by atoms with E-state index in [0.29, 0.717) is 5.75 Å². The number of methoxy groups -OCH3 is 1. The third-order valence-electron chi connectivity index (χ3n) is 6.16. The van der Waals surface area contributed by atoms with Crippen molar-refractivity contribution in [2.75, 3.05) is 7.11 Å². The predicted molar refractivity (Wildman–Crippen MR) is 142 cm³/mol. The van der Waals surface area contributed by atoms with Crippen LogP contribution in [-0.2, 0) is 49.8 Å². The Bertz CT molecular complexity index is 908. The largest absolute Gasteiger partial charge is 0.507 e. The van der Waals surface area contributed by atoms with Crippen molar-refractivity contribution in [1.29, 1.82) is 0 Å². The van der Waals surface area contributed by atoms with Gasteiger partial charge in [0.05, 0.1) is 7.11 Å².